The summed E-state index contributed by atoms with van der Waals surface area (Å²) in [5, 5.41) is 2.45. The number of rotatable bonds is 4. The Balaban J connectivity index is 1.83. The Morgan fingerprint density at radius 2 is 1.93 bits per heavy atom. The molecule has 3 rings (SSSR count). The Morgan fingerprint density at radius 1 is 1.18 bits per heavy atom. The van der Waals surface area contributed by atoms with E-state index in [4.69, 9.17) is 0 Å². The molecular formula is C18H12F3N3O4. The SMILES string of the molecule is CCOC(=O)/C=C\C(=O)Nc1ccc2c(c1)C(=O)c1nc(C(F)(F)F)ncc1-2. The second kappa shape index (κ2) is 7.22. The topological polar surface area (TPSA) is 98.2 Å². The standard InChI is InChI=1S/C18H12F3N3O4/c1-2-28-14(26)6-5-13(25)23-9-3-4-10-11(7-9)16(27)15-12(10)8-22-17(24-15)18(19,20)21/h3-8H,2H2,1H3,(H,23,25)/b6-5-. The third kappa shape index (κ3) is 3.75. The Bertz CT molecular complexity index is 1020. The van der Waals surface area contributed by atoms with Crippen molar-refractivity contribution in [2.24, 2.45) is 0 Å². The van der Waals surface area contributed by atoms with Gasteiger partial charge in [0.2, 0.25) is 17.5 Å². The lowest BCUT2D eigenvalue weighted by Crippen LogP contribution is -2.13. The fourth-order valence-electron chi connectivity index (χ4n) is 2.58. The number of fused-ring (bicyclic) bond motifs is 3. The minimum absolute atomic E-state index is 0.0933. The number of nitrogens with one attached hydrogen (secondary N) is 1. The van der Waals surface area contributed by atoms with Crippen molar-refractivity contribution >= 4 is 23.3 Å². The molecule has 1 aromatic carbocycles. The summed E-state index contributed by atoms with van der Waals surface area (Å²) in [6.45, 7) is 1.78. The van der Waals surface area contributed by atoms with Crippen molar-refractivity contribution in [1.29, 1.82) is 0 Å². The number of amides is 1. The molecule has 0 spiro atoms. The predicted octanol–water partition coefficient (Wildman–Crippen LogP) is 2.76. The third-order valence-electron chi connectivity index (χ3n) is 3.74. The fraction of sp³-hybridized carbons (Fsp3) is 0.167. The van der Waals surface area contributed by atoms with Crippen molar-refractivity contribution in [3.63, 3.8) is 0 Å². The number of ketones is 1. The van der Waals surface area contributed by atoms with Gasteiger partial charge in [-0.1, -0.05) is 6.07 Å². The monoisotopic (exact) mass is 391 g/mol. The molecule has 1 N–H and O–H groups in total. The minimum atomic E-state index is -4.77. The zero-order valence-electron chi connectivity index (χ0n) is 14.3. The van der Waals surface area contributed by atoms with Gasteiger partial charge in [0.15, 0.2) is 0 Å². The molecule has 1 heterocycles. The molecule has 10 heteroatoms. The quantitative estimate of drug-likeness (QED) is 0.543. The first-order valence-corrected chi connectivity index (χ1v) is 8.00. The van der Waals surface area contributed by atoms with E-state index in [1.165, 1.54) is 18.2 Å². The summed E-state index contributed by atoms with van der Waals surface area (Å²) in [5.41, 5.74) is 0.531. The molecule has 0 bridgehead atoms. The van der Waals surface area contributed by atoms with E-state index in [9.17, 15) is 27.6 Å². The molecule has 0 aliphatic heterocycles. The van der Waals surface area contributed by atoms with Crippen LogP contribution in [-0.2, 0) is 20.5 Å². The normalized spacial score (nSPS) is 12.6. The summed E-state index contributed by atoms with van der Waals surface area (Å²) in [5.74, 6) is -3.42. The van der Waals surface area contributed by atoms with E-state index < -0.39 is 29.7 Å². The molecule has 1 aromatic heterocycles. The molecule has 144 valence electrons. The van der Waals surface area contributed by atoms with Gasteiger partial charge < -0.3 is 10.1 Å². The number of anilines is 1. The largest absolute Gasteiger partial charge is 0.463 e. The van der Waals surface area contributed by atoms with Gasteiger partial charge in [-0.05, 0) is 24.6 Å². The highest BCUT2D eigenvalue weighted by molar-refractivity contribution is 6.21. The second-order valence-electron chi connectivity index (χ2n) is 5.62. The van der Waals surface area contributed by atoms with Crippen LogP contribution in [0.2, 0.25) is 0 Å². The van der Waals surface area contributed by atoms with Crippen LogP contribution >= 0.6 is 0 Å². The maximum atomic E-state index is 12.8. The van der Waals surface area contributed by atoms with Crippen LogP contribution in [0.15, 0.2) is 36.5 Å². The number of aromatic nitrogens is 2. The second-order valence-corrected chi connectivity index (χ2v) is 5.62. The van der Waals surface area contributed by atoms with E-state index in [1.54, 1.807) is 6.92 Å². The van der Waals surface area contributed by atoms with E-state index in [1.807, 2.05) is 0 Å². The number of alkyl halides is 3. The number of hydrogen-bond acceptors (Lipinski definition) is 6. The molecule has 0 unspecified atom stereocenters. The van der Waals surface area contributed by atoms with Gasteiger partial charge in [-0.3, -0.25) is 9.59 Å². The van der Waals surface area contributed by atoms with Crippen LogP contribution in [0, 0.1) is 0 Å². The highest BCUT2D eigenvalue weighted by Crippen LogP contribution is 2.38. The van der Waals surface area contributed by atoms with E-state index in [2.05, 4.69) is 20.0 Å². The van der Waals surface area contributed by atoms with Crippen LogP contribution in [0.5, 0.6) is 0 Å². The van der Waals surface area contributed by atoms with Crippen molar-refractivity contribution < 1.29 is 32.3 Å². The Morgan fingerprint density at radius 3 is 2.61 bits per heavy atom. The van der Waals surface area contributed by atoms with Crippen molar-refractivity contribution in [3.8, 4) is 11.1 Å². The predicted molar refractivity (Wildman–Crippen MR) is 90.3 cm³/mol. The van der Waals surface area contributed by atoms with Gasteiger partial charge in [0.05, 0.1) is 6.61 Å². The third-order valence-corrected chi connectivity index (χ3v) is 3.74. The molecule has 0 radical (unpaired) electrons. The molecule has 1 amide bonds. The number of ether oxygens (including phenoxy) is 1. The Kier molecular flexibility index (Phi) is 4.95. The summed E-state index contributed by atoms with van der Waals surface area (Å²) in [7, 11) is 0. The van der Waals surface area contributed by atoms with Gasteiger partial charge in [0.25, 0.3) is 0 Å². The lowest BCUT2D eigenvalue weighted by atomic mass is 10.1. The molecular weight excluding hydrogens is 379 g/mol. The fourth-order valence-corrected chi connectivity index (χ4v) is 2.58. The summed E-state index contributed by atoms with van der Waals surface area (Å²) in [6, 6.07) is 4.26. The number of benzene rings is 1. The maximum Gasteiger partial charge on any atom is 0.451 e. The van der Waals surface area contributed by atoms with Crippen molar-refractivity contribution in [2.75, 3.05) is 11.9 Å². The van der Waals surface area contributed by atoms with Crippen molar-refractivity contribution in [1.82, 2.24) is 9.97 Å². The van der Waals surface area contributed by atoms with E-state index in [-0.39, 0.29) is 29.1 Å². The summed E-state index contributed by atoms with van der Waals surface area (Å²) in [6.07, 6.45) is -1.91. The molecule has 1 aliphatic rings. The van der Waals surface area contributed by atoms with Gasteiger partial charge in [-0.25, -0.2) is 14.8 Å². The molecule has 0 saturated heterocycles. The number of halogens is 3. The van der Waals surface area contributed by atoms with E-state index in [0.29, 0.717) is 5.56 Å². The summed E-state index contributed by atoms with van der Waals surface area (Å²) < 4.78 is 43.0. The van der Waals surface area contributed by atoms with E-state index in [0.717, 1.165) is 18.3 Å². The molecule has 2 aromatic rings. The first kappa shape index (κ1) is 19.2. The number of nitrogens with zero attached hydrogens (tertiary/aromatic N) is 2. The maximum absolute atomic E-state index is 12.8. The zero-order valence-corrected chi connectivity index (χ0v) is 14.3. The first-order chi connectivity index (χ1) is 13.2. The zero-order chi connectivity index (χ0) is 20.5. The van der Waals surface area contributed by atoms with Gasteiger partial charge >= 0.3 is 12.1 Å². The van der Waals surface area contributed by atoms with Gasteiger partial charge in [-0.15, -0.1) is 0 Å². The van der Waals surface area contributed by atoms with Crippen LogP contribution in [-0.4, -0.2) is 34.2 Å². The number of esters is 1. The number of carbonyl (C=O) groups excluding carboxylic acids is 3. The Labute approximate surface area is 156 Å². The molecule has 0 saturated carbocycles. The lowest BCUT2D eigenvalue weighted by Gasteiger charge is -2.06. The smallest absolute Gasteiger partial charge is 0.451 e. The van der Waals surface area contributed by atoms with Gasteiger partial charge in [0, 0.05) is 35.2 Å². The van der Waals surface area contributed by atoms with Crippen molar-refractivity contribution in [3.05, 3.63) is 53.6 Å². The van der Waals surface area contributed by atoms with Gasteiger partial charge in [0.1, 0.15) is 5.69 Å². The lowest BCUT2D eigenvalue weighted by molar-refractivity contribution is -0.145. The molecule has 0 fully saturated rings. The molecule has 28 heavy (non-hydrogen) atoms. The average Bonchev–Trinajstić information content (AvgIpc) is 2.91. The van der Waals surface area contributed by atoms with Crippen LogP contribution in [0.4, 0.5) is 18.9 Å². The van der Waals surface area contributed by atoms with Gasteiger partial charge in [-0.2, -0.15) is 13.2 Å². The van der Waals surface area contributed by atoms with Crippen LogP contribution in [0.25, 0.3) is 11.1 Å². The molecule has 7 nitrogen and oxygen atoms in total. The van der Waals surface area contributed by atoms with Crippen molar-refractivity contribution in [2.45, 2.75) is 13.1 Å². The number of hydrogen-bond donors (Lipinski definition) is 1. The van der Waals surface area contributed by atoms with Crippen LogP contribution in [0.1, 0.15) is 28.8 Å². The van der Waals surface area contributed by atoms with Crippen LogP contribution in [0.3, 0.4) is 0 Å². The average molecular weight is 391 g/mol. The summed E-state index contributed by atoms with van der Waals surface area (Å²) >= 11 is 0. The minimum Gasteiger partial charge on any atom is -0.463 e. The Hall–Kier alpha value is -3.56. The first-order valence-electron chi connectivity index (χ1n) is 8.00. The van der Waals surface area contributed by atoms with E-state index >= 15 is 0 Å². The molecule has 1 aliphatic carbocycles. The highest BCUT2D eigenvalue weighted by Gasteiger charge is 2.38. The summed E-state index contributed by atoms with van der Waals surface area (Å²) in [4.78, 5) is 42.1. The highest BCUT2D eigenvalue weighted by atomic mass is 19.4. The molecule has 0 atom stereocenters. The number of carbonyl (C=O) groups is 3. The van der Waals surface area contributed by atoms with Crippen LogP contribution < -0.4 is 5.32 Å².